The first kappa shape index (κ1) is 20.2. The second kappa shape index (κ2) is 8.37. The summed E-state index contributed by atoms with van der Waals surface area (Å²) in [4.78, 5) is 40.0. The fourth-order valence-electron chi connectivity index (χ4n) is 2.94. The average Bonchev–Trinajstić information content (AvgIpc) is 3.17. The number of carbonyl (C=O) groups excluding carboxylic acids is 3. The standard InChI is InChI=1S/C23H18N4O3S/c1-13-2-11-18-19(12-13)31-23(27-18)15-5-9-17(10-6-15)26-22(30)21(29)25-16-7-3-14(4-8-16)20(24)28/h2-12H,1H3,(H2,24,28)(H,25,29)(H,26,30). The number of rotatable bonds is 4. The number of amides is 3. The monoisotopic (exact) mass is 430 g/mol. The van der Waals surface area contributed by atoms with Crippen LogP contribution in [0.4, 0.5) is 11.4 Å². The number of aryl methyl sites for hydroxylation is 1. The van der Waals surface area contributed by atoms with E-state index >= 15 is 0 Å². The van der Waals surface area contributed by atoms with Gasteiger partial charge >= 0.3 is 11.8 Å². The number of benzene rings is 3. The molecular formula is C23H18N4O3S. The first-order valence-electron chi connectivity index (χ1n) is 9.39. The van der Waals surface area contributed by atoms with Gasteiger partial charge in [0.05, 0.1) is 10.2 Å². The Bertz CT molecular complexity index is 1290. The van der Waals surface area contributed by atoms with Gasteiger partial charge in [0.15, 0.2) is 0 Å². The van der Waals surface area contributed by atoms with Gasteiger partial charge in [-0.05, 0) is 73.2 Å². The van der Waals surface area contributed by atoms with Crippen molar-refractivity contribution < 1.29 is 14.4 Å². The highest BCUT2D eigenvalue weighted by Crippen LogP contribution is 2.31. The van der Waals surface area contributed by atoms with Crippen LogP contribution in [0.1, 0.15) is 15.9 Å². The summed E-state index contributed by atoms with van der Waals surface area (Å²) in [7, 11) is 0. The number of hydrogen-bond donors (Lipinski definition) is 3. The van der Waals surface area contributed by atoms with Crippen LogP contribution in [0.25, 0.3) is 20.8 Å². The van der Waals surface area contributed by atoms with Crippen molar-refractivity contribution in [2.24, 2.45) is 5.73 Å². The van der Waals surface area contributed by atoms with Crippen LogP contribution in [0.2, 0.25) is 0 Å². The van der Waals surface area contributed by atoms with Crippen molar-refractivity contribution in [1.82, 2.24) is 4.98 Å². The molecule has 0 aliphatic rings. The number of nitrogens with zero attached hydrogens (tertiary/aromatic N) is 1. The van der Waals surface area contributed by atoms with E-state index in [1.807, 2.05) is 31.2 Å². The van der Waals surface area contributed by atoms with Crippen LogP contribution < -0.4 is 16.4 Å². The Morgan fingerprint density at radius 3 is 2.00 bits per heavy atom. The highest BCUT2D eigenvalue weighted by Gasteiger charge is 2.15. The van der Waals surface area contributed by atoms with Crippen molar-refractivity contribution in [3.63, 3.8) is 0 Å². The van der Waals surface area contributed by atoms with Crippen LogP contribution in [0, 0.1) is 6.92 Å². The number of anilines is 2. The lowest BCUT2D eigenvalue weighted by Gasteiger charge is -2.07. The molecule has 7 nitrogen and oxygen atoms in total. The van der Waals surface area contributed by atoms with Gasteiger partial charge in [-0.25, -0.2) is 4.98 Å². The lowest BCUT2D eigenvalue weighted by Crippen LogP contribution is -2.29. The van der Waals surface area contributed by atoms with Gasteiger partial charge in [-0.1, -0.05) is 6.07 Å². The van der Waals surface area contributed by atoms with Crippen LogP contribution in [0.3, 0.4) is 0 Å². The predicted octanol–water partition coefficient (Wildman–Crippen LogP) is 3.95. The van der Waals surface area contributed by atoms with E-state index in [0.717, 1.165) is 20.8 Å². The lowest BCUT2D eigenvalue weighted by atomic mass is 10.2. The van der Waals surface area contributed by atoms with Crippen molar-refractivity contribution in [2.45, 2.75) is 6.92 Å². The van der Waals surface area contributed by atoms with Gasteiger partial charge in [-0.15, -0.1) is 11.3 Å². The zero-order valence-electron chi connectivity index (χ0n) is 16.5. The van der Waals surface area contributed by atoms with Crippen molar-refractivity contribution in [3.05, 3.63) is 77.9 Å². The fourth-order valence-corrected chi connectivity index (χ4v) is 4.01. The summed E-state index contributed by atoms with van der Waals surface area (Å²) in [6, 6.07) is 19.2. The number of hydrogen-bond acceptors (Lipinski definition) is 5. The highest BCUT2D eigenvalue weighted by atomic mass is 32.1. The Morgan fingerprint density at radius 2 is 1.42 bits per heavy atom. The van der Waals surface area contributed by atoms with Gasteiger partial charge in [0.25, 0.3) is 0 Å². The third-order valence-electron chi connectivity index (χ3n) is 4.57. The molecule has 4 rings (SSSR count). The number of thiazole rings is 1. The molecule has 0 aliphatic heterocycles. The molecule has 0 spiro atoms. The highest BCUT2D eigenvalue weighted by molar-refractivity contribution is 7.21. The van der Waals surface area contributed by atoms with E-state index < -0.39 is 17.7 Å². The van der Waals surface area contributed by atoms with Gasteiger partial charge in [-0.3, -0.25) is 14.4 Å². The van der Waals surface area contributed by atoms with E-state index in [9.17, 15) is 14.4 Å². The Kier molecular flexibility index (Phi) is 5.46. The molecule has 1 heterocycles. The molecule has 0 saturated carbocycles. The van der Waals surface area contributed by atoms with Crippen LogP contribution in [-0.2, 0) is 9.59 Å². The molecule has 0 aliphatic carbocycles. The van der Waals surface area contributed by atoms with E-state index in [-0.39, 0.29) is 0 Å². The lowest BCUT2D eigenvalue weighted by molar-refractivity contribution is -0.132. The molecule has 1 aromatic heterocycles. The molecule has 4 aromatic rings. The first-order valence-corrected chi connectivity index (χ1v) is 10.2. The third kappa shape index (κ3) is 4.59. The summed E-state index contributed by atoms with van der Waals surface area (Å²) >= 11 is 1.60. The van der Waals surface area contributed by atoms with Crippen molar-refractivity contribution in [3.8, 4) is 10.6 Å². The molecular weight excluding hydrogens is 412 g/mol. The topological polar surface area (TPSA) is 114 Å². The fraction of sp³-hybridized carbons (Fsp3) is 0.0435. The summed E-state index contributed by atoms with van der Waals surface area (Å²) < 4.78 is 1.12. The minimum Gasteiger partial charge on any atom is -0.366 e. The second-order valence-electron chi connectivity index (χ2n) is 6.92. The normalized spacial score (nSPS) is 10.6. The zero-order chi connectivity index (χ0) is 22.0. The Hall–Kier alpha value is -4.04. The number of primary amides is 1. The first-order chi connectivity index (χ1) is 14.9. The Labute approximate surface area is 181 Å². The van der Waals surface area contributed by atoms with E-state index in [2.05, 4.69) is 21.7 Å². The largest absolute Gasteiger partial charge is 0.366 e. The third-order valence-corrected chi connectivity index (χ3v) is 5.63. The maximum atomic E-state index is 12.2. The van der Waals surface area contributed by atoms with Gasteiger partial charge in [0.2, 0.25) is 5.91 Å². The minimum absolute atomic E-state index is 0.311. The number of nitrogens with two attached hydrogens (primary N) is 1. The molecule has 3 aromatic carbocycles. The maximum absolute atomic E-state index is 12.2. The smallest absolute Gasteiger partial charge is 0.314 e. The molecule has 0 atom stereocenters. The molecule has 0 radical (unpaired) electrons. The van der Waals surface area contributed by atoms with E-state index in [0.29, 0.717) is 16.9 Å². The van der Waals surface area contributed by atoms with Crippen LogP contribution in [0.5, 0.6) is 0 Å². The number of carbonyl (C=O) groups is 3. The molecule has 8 heteroatoms. The summed E-state index contributed by atoms with van der Waals surface area (Å²) in [5.41, 5.74) is 9.42. The predicted molar refractivity (Wildman–Crippen MR) is 122 cm³/mol. The molecule has 0 bridgehead atoms. The van der Waals surface area contributed by atoms with Crippen molar-refractivity contribution in [1.29, 1.82) is 0 Å². The van der Waals surface area contributed by atoms with Gasteiger partial charge in [-0.2, -0.15) is 0 Å². The second-order valence-corrected chi connectivity index (χ2v) is 7.95. The number of fused-ring (bicyclic) bond motifs is 1. The summed E-state index contributed by atoms with van der Waals surface area (Å²) in [6.07, 6.45) is 0. The Balaban J connectivity index is 1.41. The van der Waals surface area contributed by atoms with Crippen LogP contribution in [-0.4, -0.2) is 22.7 Å². The molecule has 0 saturated heterocycles. The van der Waals surface area contributed by atoms with Crippen molar-refractivity contribution in [2.75, 3.05) is 10.6 Å². The zero-order valence-corrected chi connectivity index (χ0v) is 17.3. The quantitative estimate of drug-likeness (QED) is 0.425. The van der Waals surface area contributed by atoms with Gasteiger partial charge in [0.1, 0.15) is 5.01 Å². The number of nitrogens with one attached hydrogen (secondary N) is 2. The van der Waals surface area contributed by atoms with E-state index in [4.69, 9.17) is 5.73 Å². The Morgan fingerprint density at radius 1 is 0.839 bits per heavy atom. The molecule has 4 N–H and O–H groups in total. The van der Waals surface area contributed by atoms with Gasteiger partial charge in [0, 0.05) is 22.5 Å². The van der Waals surface area contributed by atoms with Crippen LogP contribution in [0.15, 0.2) is 66.7 Å². The summed E-state index contributed by atoms with van der Waals surface area (Å²) in [6.45, 7) is 2.04. The van der Waals surface area contributed by atoms with E-state index in [1.54, 1.807) is 23.5 Å². The summed E-state index contributed by atoms with van der Waals surface area (Å²) in [5, 5.41) is 5.92. The van der Waals surface area contributed by atoms with E-state index in [1.165, 1.54) is 29.8 Å². The average molecular weight is 430 g/mol. The van der Waals surface area contributed by atoms with Crippen LogP contribution >= 0.6 is 11.3 Å². The summed E-state index contributed by atoms with van der Waals surface area (Å²) in [5.74, 6) is -2.19. The molecule has 0 unspecified atom stereocenters. The SMILES string of the molecule is Cc1ccc2nc(-c3ccc(NC(=O)C(=O)Nc4ccc(C(N)=O)cc4)cc3)sc2c1. The number of aromatic nitrogens is 1. The maximum Gasteiger partial charge on any atom is 0.314 e. The minimum atomic E-state index is -0.822. The molecule has 3 amide bonds. The molecule has 31 heavy (non-hydrogen) atoms. The molecule has 154 valence electrons. The van der Waals surface area contributed by atoms with Gasteiger partial charge < -0.3 is 16.4 Å². The van der Waals surface area contributed by atoms with Crippen molar-refractivity contribution >= 4 is 50.6 Å². The molecule has 0 fully saturated rings.